The van der Waals surface area contributed by atoms with Crippen molar-refractivity contribution in [2.75, 3.05) is 0 Å². The van der Waals surface area contributed by atoms with E-state index in [-0.39, 0.29) is 165 Å². The van der Waals surface area contributed by atoms with E-state index in [0.717, 1.165) is 0 Å². The van der Waals surface area contributed by atoms with Crippen molar-refractivity contribution in [2.45, 2.75) is 0 Å². The summed E-state index contributed by atoms with van der Waals surface area (Å²) in [5.41, 5.74) is 0. The van der Waals surface area contributed by atoms with Gasteiger partial charge in [0.25, 0.3) is 0 Å². The molecule has 0 rings (SSSR count). The largest absolute Gasteiger partial charge is 0 e. The fourth-order valence-corrected chi connectivity index (χ4v) is 0. The summed E-state index contributed by atoms with van der Waals surface area (Å²) in [5.74, 6) is 0. The molecular weight excluding hydrogens is 570 g/mol. The van der Waals surface area contributed by atoms with Gasteiger partial charge in [-0.2, -0.15) is 0 Å². The van der Waals surface area contributed by atoms with E-state index in [1.54, 1.807) is 0 Å². The van der Waals surface area contributed by atoms with E-state index in [2.05, 4.69) is 15.9 Å². The van der Waals surface area contributed by atoms with E-state index < -0.39 is 0 Å². The Morgan fingerprint density at radius 2 is 0.857 bits per heavy atom. The predicted octanol–water partition coefficient (Wildman–Crippen LogP) is -0.890. The maximum atomic E-state index is 7.81. The third-order valence-electron chi connectivity index (χ3n) is 0. The van der Waals surface area contributed by atoms with Crippen LogP contribution in [0.3, 0.4) is 0 Å². The van der Waals surface area contributed by atoms with Gasteiger partial charge in [0.2, 0.25) is 0 Å². The Bertz CT molecular complexity index is 12.9. The molecule has 0 amide bonds. The molecule has 0 fully saturated rings. The van der Waals surface area contributed by atoms with Crippen LogP contribution in [0.4, 0.5) is 0 Å². The Morgan fingerprint density at radius 3 is 0.857 bits per heavy atom. The molecule has 0 N–H and O–H groups in total. The molecule has 0 aromatic heterocycles. The molecule has 0 atom stereocenters. The smallest absolute Gasteiger partial charge is 0 e. The summed E-state index contributed by atoms with van der Waals surface area (Å²) in [6.45, 7) is 0. The number of hydrogen-bond acceptors (Lipinski definition) is 1. The molecule has 0 aliphatic heterocycles. The topological polar surface area (TPSA) is 17.1 Å². The van der Waals surface area contributed by atoms with Gasteiger partial charge in [0, 0.05) is 165 Å². The fraction of sp³-hybridized carbons (Fsp3) is 0. The maximum absolute atomic E-state index is 7.81. The minimum atomic E-state index is 0. The minimum Gasteiger partial charge on any atom is 0 e. The summed E-state index contributed by atoms with van der Waals surface area (Å²) in [6, 6.07) is 0. The van der Waals surface area contributed by atoms with Gasteiger partial charge in [0.05, 0.1) is 0 Å². The van der Waals surface area contributed by atoms with Crippen LogP contribution in [-0.2, 0) is 86.6 Å². The van der Waals surface area contributed by atoms with Gasteiger partial charge in [0.1, 0.15) is 0 Å². The van der Waals surface area contributed by atoms with E-state index in [1.165, 1.54) is 0 Å². The molecule has 0 spiro atoms. The van der Waals surface area contributed by atoms with Gasteiger partial charge in [-0.05, 0) is 0 Å². The van der Waals surface area contributed by atoms with Gasteiger partial charge in [-0.1, -0.05) is 0 Å². The van der Waals surface area contributed by atoms with Crippen LogP contribution in [-0.4, -0.2) is 97.8 Å². The summed E-state index contributed by atoms with van der Waals surface area (Å²) >= 11 is 2.94. The van der Waals surface area contributed by atoms with Crippen LogP contribution in [0.25, 0.3) is 0 Å². The first-order chi connectivity index (χ1) is 1.00. The summed E-state index contributed by atoms with van der Waals surface area (Å²) in [5, 5.41) is 0. The monoisotopic (exact) mass is 570 g/mol. The zero-order valence-corrected chi connectivity index (χ0v) is 17.8. The van der Waals surface area contributed by atoms with Gasteiger partial charge in [-0.3, -0.25) is 0 Å². The van der Waals surface area contributed by atoms with Crippen molar-refractivity contribution in [1.82, 2.24) is 0 Å². The first kappa shape index (κ1) is 38.9. The summed E-state index contributed by atoms with van der Waals surface area (Å²) in [4.78, 5) is 0. The quantitative estimate of drug-likeness (QED) is 0.346. The molecule has 46 valence electrons. The third kappa shape index (κ3) is 34.1. The molecule has 0 heterocycles. The molecular formula is Ba2Cu3OY. The van der Waals surface area contributed by atoms with Crippen LogP contribution >= 0.6 is 0 Å². The van der Waals surface area contributed by atoms with Gasteiger partial charge >= 0.3 is 19.8 Å². The maximum Gasteiger partial charge on any atom is 0 e. The molecule has 0 aliphatic rings. The number of hydrogen-bond donors (Lipinski definition) is 0. The van der Waals surface area contributed by atoms with Crippen molar-refractivity contribution in [3.63, 3.8) is 0 Å². The zero-order valence-electron chi connectivity index (χ0n) is 3.30. The van der Waals surface area contributed by atoms with E-state index in [9.17, 15) is 0 Å². The van der Waals surface area contributed by atoms with Crippen molar-refractivity contribution in [3.8, 4) is 0 Å². The summed E-state index contributed by atoms with van der Waals surface area (Å²) in [6.07, 6.45) is 0. The van der Waals surface area contributed by atoms with Crippen LogP contribution in [0, 0.1) is 0 Å². The molecule has 0 saturated carbocycles. The van der Waals surface area contributed by atoms with Crippen LogP contribution < -0.4 is 0 Å². The molecule has 7 heavy (non-hydrogen) atoms. The molecule has 7 heteroatoms. The van der Waals surface area contributed by atoms with Crippen LogP contribution in [0.5, 0.6) is 0 Å². The Balaban J connectivity index is -0.000000000500. The molecule has 0 aromatic rings. The summed E-state index contributed by atoms with van der Waals surface area (Å²) in [7, 11) is 0. The second kappa shape index (κ2) is 41.5. The van der Waals surface area contributed by atoms with Crippen LogP contribution in [0.2, 0.25) is 0 Å². The average molecular weight is 570 g/mol. The first-order valence-corrected chi connectivity index (χ1v) is 0.508. The van der Waals surface area contributed by atoms with Crippen molar-refractivity contribution < 1.29 is 86.6 Å². The van der Waals surface area contributed by atoms with Crippen LogP contribution in [0.15, 0.2) is 0 Å². The van der Waals surface area contributed by atoms with E-state index in [1.807, 2.05) is 0 Å². The Morgan fingerprint density at radius 1 is 0.857 bits per heavy atom. The van der Waals surface area contributed by atoms with E-state index >= 15 is 0 Å². The van der Waals surface area contributed by atoms with Gasteiger partial charge in [-0.15, -0.1) is 0 Å². The minimum absolute atomic E-state index is 0. The van der Waals surface area contributed by atoms with Crippen molar-refractivity contribution in [1.29, 1.82) is 0 Å². The molecule has 0 saturated heterocycles. The van der Waals surface area contributed by atoms with Gasteiger partial charge < -0.3 is 0 Å². The van der Waals surface area contributed by atoms with Gasteiger partial charge in [0.15, 0.2) is 0 Å². The molecule has 0 unspecified atom stereocenters. The second-order valence-electron chi connectivity index (χ2n) is 0. The zero-order chi connectivity index (χ0) is 2.00. The molecule has 0 bridgehead atoms. The SMILES string of the molecule is [Ba].[Ba].[Cu].[Cu].[O]=[Cu].[Y]. The summed E-state index contributed by atoms with van der Waals surface area (Å²) < 4.78 is 7.81. The fourth-order valence-electron chi connectivity index (χ4n) is 0. The second-order valence-corrected chi connectivity index (χ2v) is 0. The molecule has 0 aromatic carbocycles. The Hall–Kier alpha value is 5.61. The normalized spacial score (nSPS) is 0.857. The standard InChI is InChI=1S/2Ba.3Cu.O.Y. The Kier molecular flexibility index (Phi) is 231. The van der Waals surface area contributed by atoms with Crippen molar-refractivity contribution in [3.05, 3.63) is 0 Å². The van der Waals surface area contributed by atoms with Crippen molar-refractivity contribution >= 4 is 97.8 Å². The molecule has 0 aliphatic carbocycles. The third-order valence-corrected chi connectivity index (χ3v) is 0. The van der Waals surface area contributed by atoms with Crippen LogP contribution in [0.1, 0.15) is 0 Å². The molecule has 7 radical (unpaired) electrons. The van der Waals surface area contributed by atoms with Gasteiger partial charge in [-0.25, -0.2) is 0 Å². The number of rotatable bonds is 0. The first-order valence-electron chi connectivity index (χ1n) is 0.123. The van der Waals surface area contributed by atoms with Crippen molar-refractivity contribution in [2.24, 2.45) is 0 Å². The van der Waals surface area contributed by atoms with E-state index in [0.29, 0.717) is 0 Å². The Labute approximate surface area is 178 Å². The average Bonchev–Trinajstić information content (AvgIpc) is 1.00. The molecule has 1 nitrogen and oxygen atoms in total. The predicted molar refractivity (Wildman–Crippen MR) is 12.2 cm³/mol. The van der Waals surface area contributed by atoms with E-state index in [4.69, 9.17) is 3.83 Å².